The zero-order valence-electron chi connectivity index (χ0n) is 22.1. The van der Waals surface area contributed by atoms with Crippen molar-refractivity contribution in [2.75, 3.05) is 40.4 Å². The third-order valence-electron chi connectivity index (χ3n) is 8.05. The molecule has 0 radical (unpaired) electrons. The van der Waals surface area contributed by atoms with Crippen molar-refractivity contribution in [1.82, 2.24) is 15.5 Å². The number of ether oxygens (including phenoxy) is 1. The molecule has 2 amide bonds. The molecule has 36 heavy (non-hydrogen) atoms. The van der Waals surface area contributed by atoms with Gasteiger partial charge in [0.05, 0.1) is 11.2 Å². The summed E-state index contributed by atoms with van der Waals surface area (Å²) >= 11 is 0. The number of hydrogen-bond donors (Lipinski definition) is 4. The molecule has 1 aliphatic carbocycles. The van der Waals surface area contributed by atoms with E-state index in [2.05, 4.69) is 10.6 Å². The van der Waals surface area contributed by atoms with Crippen LogP contribution in [0.3, 0.4) is 0 Å². The highest BCUT2D eigenvalue weighted by Gasteiger charge is 2.42. The number of benzene rings is 1. The van der Waals surface area contributed by atoms with Gasteiger partial charge in [0.1, 0.15) is 5.82 Å². The Labute approximate surface area is 215 Å². The molecular formula is C28H46FN3O4. The topological polar surface area (TPSA) is 94.1 Å². The third kappa shape index (κ3) is 7.88. The lowest BCUT2D eigenvalue weighted by Gasteiger charge is -2.43. The predicted molar refractivity (Wildman–Crippen MR) is 139 cm³/mol. The first-order chi connectivity index (χ1) is 17.3. The number of nitrogens with one attached hydrogen (secondary N) is 2. The molecule has 0 bridgehead atoms. The molecule has 2 fully saturated rings. The molecular weight excluding hydrogens is 461 g/mol. The summed E-state index contributed by atoms with van der Waals surface area (Å²) in [6.07, 6.45) is 8.85. The van der Waals surface area contributed by atoms with Crippen molar-refractivity contribution >= 4 is 6.03 Å². The molecule has 2 aliphatic rings. The number of likely N-dealkylation sites (N-methyl/N-ethyl adjacent to an activating group) is 1. The summed E-state index contributed by atoms with van der Waals surface area (Å²) in [6.45, 7) is 2.21. The van der Waals surface area contributed by atoms with Crippen LogP contribution in [0.1, 0.15) is 76.2 Å². The summed E-state index contributed by atoms with van der Waals surface area (Å²) in [5.74, 6) is -0.574. The van der Waals surface area contributed by atoms with E-state index in [0.29, 0.717) is 44.6 Å². The second kappa shape index (κ2) is 13.7. The number of halogens is 1. The molecule has 1 aromatic carbocycles. The van der Waals surface area contributed by atoms with E-state index >= 15 is 0 Å². The molecule has 204 valence electrons. The van der Waals surface area contributed by atoms with Gasteiger partial charge in [-0.3, -0.25) is 0 Å². The maximum atomic E-state index is 14.1. The highest BCUT2D eigenvalue weighted by atomic mass is 19.1. The van der Waals surface area contributed by atoms with Crippen molar-refractivity contribution in [3.63, 3.8) is 0 Å². The second-order valence-electron chi connectivity index (χ2n) is 10.9. The van der Waals surface area contributed by atoms with Gasteiger partial charge in [0, 0.05) is 45.3 Å². The smallest absolute Gasteiger partial charge is 0.317 e. The van der Waals surface area contributed by atoms with Gasteiger partial charge in [0.25, 0.3) is 0 Å². The largest absolute Gasteiger partial charge is 0.390 e. The average molecular weight is 508 g/mol. The summed E-state index contributed by atoms with van der Waals surface area (Å²) in [5, 5.41) is 29.3. The van der Waals surface area contributed by atoms with Gasteiger partial charge in [-0.2, -0.15) is 0 Å². The summed E-state index contributed by atoms with van der Waals surface area (Å²) in [4.78, 5) is 15.1. The molecule has 0 aromatic heterocycles. The summed E-state index contributed by atoms with van der Waals surface area (Å²) in [7, 11) is 3.51. The van der Waals surface area contributed by atoms with Gasteiger partial charge < -0.3 is 30.5 Å². The Morgan fingerprint density at radius 3 is 2.75 bits per heavy atom. The van der Waals surface area contributed by atoms with Crippen LogP contribution >= 0.6 is 0 Å². The number of unbranched alkanes of at least 4 members (excludes halogenated alkanes) is 1. The van der Waals surface area contributed by atoms with Crippen molar-refractivity contribution < 1.29 is 24.1 Å². The Bertz CT molecular complexity index is 820. The fourth-order valence-electron chi connectivity index (χ4n) is 6.09. The molecule has 3 atom stereocenters. The van der Waals surface area contributed by atoms with E-state index in [-0.39, 0.29) is 23.8 Å². The van der Waals surface area contributed by atoms with Crippen molar-refractivity contribution in [1.29, 1.82) is 0 Å². The van der Waals surface area contributed by atoms with E-state index in [1.165, 1.54) is 12.1 Å². The van der Waals surface area contributed by atoms with E-state index in [4.69, 9.17) is 4.74 Å². The molecule has 1 saturated carbocycles. The fourth-order valence-corrected chi connectivity index (χ4v) is 6.09. The molecule has 1 aromatic rings. The number of methoxy groups -OCH3 is 1. The number of nitrogens with zero attached hydrogens (tertiary/aromatic N) is 1. The molecule has 1 heterocycles. The van der Waals surface area contributed by atoms with Crippen LogP contribution in [0.2, 0.25) is 0 Å². The van der Waals surface area contributed by atoms with Gasteiger partial charge in [-0.05, 0) is 76.1 Å². The van der Waals surface area contributed by atoms with Crippen LogP contribution in [0.4, 0.5) is 9.18 Å². The first kappa shape index (κ1) is 28.8. The van der Waals surface area contributed by atoms with Crippen molar-refractivity contribution in [3.8, 4) is 0 Å². The maximum Gasteiger partial charge on any atom is 0.317 e. The zero-order valence-corrected chi connectivity index (χ0v) is 22.1. The quantitative estimate of drug-likeness (QED) is 0.322. The number of carbonyl (C=O) groups is 1. The van der Waals surface area contributed by atoms with E-state index in [1.54, 1.807) is 24.1 Å². The van der Waals surface area contributed by atoms with Crippen LogP contribution in [-0.4, -0.2) is 73.2 Å². The second-order valence-corrected chi connectivity index (χ2v) is 10.9. The van der Waals surface area contributed by atoms with Crippen molar-refractivity contribution in [2.45, 2.75) is 87.9 Å². The van der Waals surface area contributed by atoms with Crippen LogP contribution in [0.25, 0.3) is 0 Å². The minimum atomic E-state index is -1.23. The Hall–Kier alpha value is -1.74. The van der Waals surface area contributed by atoms with Gasteiger partial charge in [0.15, 0.2) is 0 Å². The molecule has 3 rings (SSSR count). The average Bonchev–Trinajstić information content (AvgIpc) is 2.87. The Balaban J connectivity index is 1.70. The van der Waals surface area contributed by atoms with Crippen molar-refractivity contribution in [2.24, 2.45) is 5.92 Å². The minimum Gasteiger partial charge on any atom is -0.390 e. The maximum absolute atomic E-state index is 14.1. The lowest BCUT2D eigenvalue weighted by molar-refractivity contribution is -0.0567. The van der Waals surface area contributed by atoms with Gasteiger partial charge in [0.2, 0.25) is 0 Å². The first-order valence-corrected chi connectivity index (χ1v) is 13.7. The minimum absolute atomic E-state index is 0.166. The van der Waals surface area contributed by atoms with Crippen molar-refractivity contribution in [3.05, 3.63) is 35.6 Å². The SMILES string of the molecule is CNCC(CC1(O)CCCCC1)NC(=O)N1CCCC([C@@](O)(CCCCOC)c2cccc(F)c2)C1. The van der Waals surface area contributed by atoms with E-state index < -0.39 is 11.2 Å². The lowest BCUT2D eigenvalue weighted by Crippen LogP contribution is -2.55. The van der Waals surface area contributed by atoms with Crippen LogP contribution < -0.4 is 10.6 Å². The van der Waals surface area contributed by atoms with Gasteiger partial charge in [-0.25, -0.2) is 9.18 Å². The number of amides is 2. The number of urea groups is 1. The van der Waals surface area contributed by atoms with E-state index in [1.807, 2.05) is 7.05 Å². The number of piperidine rings is 1. The van der Waals surface area contributed by atoms with Gasteiger partial charge in [-0.1, -0.05) is 31.4 Å². The molecule has 0 spiro atoms. The van der Waals surface area contributed by atoms with Gasteiger partial charge >= 0.3 is 6.03 Å². The number of carbonyl (C=O) groups excluding carboxylic acids is 1. The Morgan fingerprint density at radius 2 is 2.06 bits per heavy atom. The standard InChI is InChI=1S/C28H46FN3O4/c1-30-20-25(19-27(34)13-4-3-5-14-27)31-26(33)32-16-9-11-23(21-32)28(35,15-6-7-17-36-2)22-10-8-12-24(29)18-22/h8,10,12,18,23,25,30,34-35H,3-7,9,11,13-17,19-21H2,1-2H3,(H,31,33)/t23?,25?,28-/m1/s1. The van der Waals surface area contributed by atoms with Crippen LogP contribution in [-0.2, 0) is 10.3 Å². The van der Waals surface area contributed by atoms with Crippen LogP contribution in [0.15, 0.2) is 24.3 Å². The molecule has 7 nitrogen and oxygen atoms in total. The highest BCUT2D eigenvalue weighted by Crippen LogP contribution is 2.40. The number of rotatable bonds is 12. The van der Waals surface area contributed by atoms with E-state index in [9.17, 15) is 19.4 Å². The molecule has 8 heteroatoms. The lowest BCUT2D eigenvalue weighted by atomic mass is 9.74. The Kier molecular flexibility index (Phi) is 11.0. The first-order valence-electron chi connectivity index (χ1n) is 13.7. The van der Waals surface area contributed by atoms with Crippen LogP contribution in [0, 0.1) is 11.7 Å². The Morgan fingerprint density at radius 1 is 1.28 bits per heavy atom. The molecule has 1 aliphatic heterocycles. The van der Waals surface area contributed by atoms with Gasteiger partial charge in [-0.15, -0.1) is 0 Å². The number of hydrogen-bond acceptors (Lipinski definition) is 5. The van der Waals surface area contributed by atoms with E-state index in [0.717, 1.165) is 57.8 Å². The monoisotopic (exact) mass is 507 g/mol. The summed E-state index contributed by atoms with van der Waals surface area (Å²) in [5.41, 5.74) is -1.38. The predicted octanol–water partition coefficient (Wildman–Crippen LogP) is 3.92. The third-order valence-corrected chi connectivity index (χ3v) is 8.05. The highest BCUT2D eigenvalue weighted by molar-refractivity contribution is 5.74. The number of likely N-dealkylation sites (tertiary alicyclic amines) is 1. The zero-order chi connectivity index (χ0) is 26.0. The summed E-state index contributed by atoms with van der Waals surface area (Å²) in [6, 6.07) is 5.88. The molecule has 2 unspecified atom stereocenters. The van der Waals surface area contributed by atoms with Crippen LogP contribution in [0.5, 0.6) is 0 Å². The fraction of sp³-hybridized carbons (Fsp3) is 0.750. The summed E-state index contributed by atoms with van der Waals surface area (Å²) < 4.78 is 19.3. The normalized spacial score (nSPS) is 22.6. The number of aliphatic hydroxyl groups is 2. The molecule has 4 N–H and O–H groups in total. The molecule has 1 saturated heterocycles.